The molecule has 0 aliphatic rings. The lowest BCUT2D eigenvalue weighted by atomic mass is 10.3. The van der Waals surface area contributed by atoms with Gasteiger partial charge in [0.15, 0.2) is 0 Å². The van der Waals surface area contributed by atoms with E-state index in [0.29, 0.717) is 0 Å². The fourth-order valence-corrected chi connectivity index (χ4v) is 0.889. The maximum absolute atomic E-state index is 10.9. The number of hydrogen-bond donors (Lipinski definition) is 0. The van der Waals surface area contributed by atoms with E-state index in [1.807, 2.05) is 0 Å². The number of rotatable bonds is 3. The Morgan fingerprint density at radius 1 is 1.38 bits per heavy atom. The Kier molecular flexibility index (Phi) is 3.02. The van der Waals surface area contributed by atoms with Gasteiger partial charge in [-0.25, -0.2) is 0 Å². The van der Waals surface area contributed by atoms with Gasteiger partial charge in [0.25, 0.3) is 5.24 Å². The van der Waals surface area contributed by atoms with Crippen LogP contribution in [0.1, 0.15) is 10.4 Å². The Bertz CT molecular complexity index is 330. The van der Waals surface area contributed by atoms with Gasteiger partial charge < -0.3 is 9.47 Å². The molecule has 1 heterocycles. The first-order chi connectivity index (χ1) is 6.19. The largest absolute Gasteiger partial charge is 0.480 e. The fraction of sp³-hybridized carbons (Fsp3) is 0.286. The normalized spacial score (nSPS) is 9.46. The maximum atomic E-state index is 10.9. The molecule has 0 aliphatic carbocycles. The smallest absolute Gasteiger partial charge is 0.258 e. The van der Waals surface area contributed by atoms with Crippen molar-refractivity contribution in [2.45, 2.75) is 0 Å². The third-order valence-electron chi connectivity index (χ3n) is 1.35. The lowest BCUT2D eigenvalue weighted by Gasteiger charge is -2.03. The minimum absolute atomic E-state index is 0.0841. The van der Waals surface area contributed by atoms with Crippen LogP contribution in [0.4, 0.5) is 0 Å². The molecule has 0 aromatic carbocycles. The Hall–Kier alpha value is -1.36. The molecule has 0 spiro atoms. The summed E-state index contributed by atoms with van der Waals surface area (Å²) >= 11 is 5.27. The third-order valence-corrected chi connectivity index (χ3v) is 1.56. The second-order valence-electron chi connectivity index (χ2n) is 2.08. The van der Waals surface area contributed by atoms with E-state index in [9.17, 15) is 4.79 Å². The first-order valence-electron chi connectivity index (χ1n) is 3.34. The minimum atomic E-state index is -0.662. The van der Waals surface area contributed by atoms with E-state index in [4.69, 9.17) is 21.1 Å². The zero-order valence-electron chi connectivity index (χ0n) is 7.07. The molecule has 5 nitrogen and oxygen atoms in total. The van der Waals surface area contributed by atoms with Crippen molar-refractivity contribution in [1.82, 2.24) is 10.2 Å². The van der Waals surface area contributed by atoms with Gasteiger partial charge in [-0.1, -0.05) is 0 Å². The average molecular weight is 203 g/mol. The minimum Gasteiger partial charge on any atom is -0.480 e. The van der Waals surface area contributed by atoms with Crippen LogP contribution in [0.2, 0.25) is 0 Å². The van der Waals surface area contributed by atoms with Gasteiger partial charge in [0.1, 0.15) is 5.56 Å². The Morgan fingerprint density at radius 3 is 2.54 bits per heavy atom. The highest BCUT2D eigenvalue weighted by atomic mass is 35.5. The van der Waals surface area contributed by atoms with Gasteiger partial charge in [0.05, 0.1) is 14.2 Å². The Morgan fingerprint density at radius 2 is 2.08 bits per heavy atom. The summed E-state index contributed by atoms with van der Waals surface area (Å²) in [5, 5.41) is 6.53. The number of ether oxygens (including phenoxy) is 2. The van der Waals surface area contributed by atoms with Gasteiger partial charge in [0, 0.05) is 6.07 Å². The fourth-order valence-electron chi connectivity index (χ4n) is 0.754. The quantitative estimate of drug-likeness (QED) is 0.681. The molecule has 13 heavy (non-hydrogen) atoms. The summed E-state index contributed by atoms with van der Waals surface area (Å²) in [6.07, 6.45) is 0. The number of aromatic nitrogens is 2. The molecule has 0 saturated carbocycles. The molecule has 0 amide bonds. The van der Waals surface area contributed by atoms with Crippen LogP contribution in [0.15, 0.2) is 6.07 Å². The van der Waals surface area contributed by atoms with Crippen molar-refractivity contribution in [2.75, 3.05) is 14.2 Å². The summed E-state index contributed by atoms with van der Waals surface area (Å²) in [6.45, 7) is 0. The van der Waals surface area contributed by atoms with Crippen LogP contribution in [-0.4, -0.2) is 29.7 Å². The molecule has 0 fully saturated rings. The topological polar surface area (TPSA) is 61.3 Å². The molecule has 0 unspecified atom stereocenters. The molecule has 1 rings (SSSR count). The van der Waals surface area contributed by atoms with Crippen molar-refractivity contribution in [3.05, 3.63) is 11.6 Å². The maximum Gasteiger partial charge on any atom is 0.258 e. The molecule has 6 heteroatoms. The number of hydrogen-bond acceptors (Lipinski definition) is 5. The van der Waals surface area contributed by atoms with E-state index >= 15 is 0 Å². The number of halogens is 1. The van der Waals surface area contributed by atoms with Crippen LogP contribution in [0.3, 0.4) is 0 Å². The molecule has 70 valence electrons. The Labute approximate surface area is 79.6 Å². The second kappa shape index (κ2) is 4.04. The number of carbonyl (C=O) groups excluding carboxylic acids is 1. The summed E-state index contributed by atoms with van der Waals surface area (Å²) in [5.74, 6) is 0.297. The second-order valence-corrected chi connectivity index (χ2v) is 2.43. The van der Waals surface area contributed by atoms with E-state index in [0.717, 1.165) is 0 Å². The SMILES string of the molecule is COc1cc(C(=O)Cl)c(OC)nn1. The van der Waals surface area contributed by atoms with Gasteiger partial charge in [0.2, 0.25) is 11.8 Å². The molecular formula is C7H7ClN2O3. The van der Waals surface area contributed by atoms with E-state index in [1.165, 1.54) is 20.3 Å². The van der Waals surface area contributed by atoms with Crippen molar-refractivity contribution in [3.63, 3.8) is 0 Å². The number of methoxy groups -OCH3 is 2. The van der Waals surface area contributed by atoms with Gasteiger partial charge in [-0.15, -0.1) is 10.2 Å². The zero-order valence-corrected chi connectivity index (χ0v) is 7.83. The van der Waals surface area contributed by atoms with Crippen molar-refractivity contribution in [3.8, 4) is 11.8 Å². The van der Waals surface area contributed by atoms with E-state index in [1.54, 1.807) is 0 Å². The van der Waals surface area contributed by atoms with Crippen LogP contribution in [-0.2, 0) is 0 Å². The predicted octanol–water partition coefficient (Wildman–Crippen LogP) is 0.873. The molecule has 1 aromatic rings. The monoisotopic (exact) mass is 202 g/mol. The molecule has 0 radical (unpaired) electrons. The zero-order chi connectivity index (χ0) is 9.84. The van der Waals surface area contributed by atoms with E-state index < -0.39 is 5.24 Å². The molecular weight excluding hydrogens is 196 g/mol. The summed E-state index contributed by atoms with van der Waals surface area (Å²) in [5.41, 5.74) is 0.135. The summed E-state index contributed by atoms with van der Waals surface area (Å²) in [7, 11) is 2.79. The Balaban J connectivity index is 3.18. The number of carbonyl (C=O) groups is 1. The summed E-state index contributed by atoms with van der Waals surface area (Å²) in [4.78, 5) is 10.9. The standard InChI is InChI=1S/C7H7ClN2O3/c1-12-5-3-4(6(8)11)7(13-2)10-9-5/h3H,1-2H3. The van der Waals surface area contributed by atoms with Crippen molar-refractivity contribution < 1.29 is 14.3 Å². The highest BCUT2D eigenvalue weighted by Crippen LogP contribution is 2.19. The molecule has 0 N–H and O–H groups in total. The molecule has 0 atom stereocenters. The van der Waals surface area contributed by atoms with Crippen molar-refractivity contribution in [1.29, 1.82) is 0 Å². The van der Waals surface area contributed by atoms with Crippen LogP contribution >= 0.6 is 11.6 Å². The van der Waals surface area contributed by atoms with Crippen LogP contribution in [0.25, 0.3) is 0 Å². The molecule has 0 saturated heterocycles. The molecule has 0 bridgehead atoms. The lowest BCUT2D eigenvalue weighted by Crippen LogP contribution is -2.01. The van der Waals surface area contributed by atoms with E-state index in [2.05, 4.69) is 10.2 Å². The van der Waals surface area contributed by atoms with E-state index in [-0.39, 0.29) is 17.3 Å². The average Bonchev–Trinajstić information content (AvgIpc) is 2.16. The lowest BCUT2D eigenvalue weighted by molar-refractivity contribution is 0.107. The van der Waals surface area contributed by atoms with Gasteiger partial charge in [-0.2, -0.15) is 0 Å². The van der Waals surface area contributed by atoms with Gasteiger partial charge in [-0.3, -0.25) is 4.79 Å². The van der Waals surface area contributed by atoms with Gasteiger partial charge in [-0.05, 0) is 11.6 Å². The van der Waals surface area contributed by atoms with Crippen molar-refractivity contribution in [2.24, 2.45) is 0 Å². The first kappa shape index (κ1) is 9.73. The molecule has 0 aliphatic heterocycles. The van der Waals surface area contributed by atoms with Crippen LogP contribution < -0.4 is 9.47 Å². The highest BCUT2D eigenvalue weighted by molar-refractivity contribution is 6.68. The van der Waals surface area contributed by atoms with Gasteiger partial charge >= 0.3 is 0 Å². The first-order valence-corrected chi connectivity index (χ1v) is 3.72. The summed E-state index contributed by atoms with van der Waals surface area (Å²) in [6, 6.07) is 1.36. The predicted molar refractivity (Wildman–Crippen MR) is 45.3 cm³/mol. The van der Waals surface area contributed by atoms with Crippen LogP contribution in [0, 0.1) is 0 Å². The summed E-state index contributed by atoms with van der Waals surface area (Å²) < 4.78 is 9.54. The molecule has 1 aromatic heterocycles. The van der Waals surface area contributed by atoms with Crippen LogP contribution in [0.5, 0.6) is 11.8 Å². The highest BCUT2D eigenvalue weighted by Gasteiger charge is 2.13. The third kappa shape index (κ3) is 2.06. The van der Waals surface area contributed by atoms with Crippen molar-refractivity contribution >= 4 is 16.8 Å². The number of nitrogens with zero attached hydrogens (tertiary/aromatic N) is 2.